The summed E-state index contributed by atoms with van der Waals surface area (Å²) in [4.78, 5) is 28.5. The van der Waals surface area contributed by atoms with E-state index in [1.165, 1.54) is 28.2 Å². The van der Waals surface area contributed by atoms with E-state index < -0.39 is 5.97 Å². The number of aryl methyl sites for hydroxylation is 1. The van der Waals surface area contributed by atoms with Gasteiger partial charge < -0.3 is 10.1 Å². The molecule has 3 rings (SSSR count). The smallest absolute Gasteiger partial charge is 0.325 e. The number of benzene rings is 1. The van der Waals surface area contributed by atoms with Gasteiger partial charge in [-0.25, -0.2) is 4.98 Å². The van der Waals surface area contributed by atoms with Crippen LogP contribution in [0.3, 0.4) is 0 Å². The van der Waals surface area contributed by atoms with Crippen LogP contribution < -0.4 is 5.32 Å². The molecule has 0 fully saturated rings. The molecule has 0 unspecified atom stereocenters. The maximum absolute atomic E-state index is 11.7. The zero-order valence-corrected chi connectivity index (χ0v) is 15.2. The van der Waals surface area contributed by atoms with Gasteiger partial charge in [-0.2, -0.15) is 0 Å². The lowest BCUT2D eigenvalue weighted by atomic mass is 10.2. The van der Waals surface area contributed by atoms with Crippen LogP contribution in [0.5, 0.6) is 0 Å². The number of nitrogens with zero attached hydrogens (tertiary/aromatic N) is 1. The molecule has 25 heavy (non-hydrogen) atoms. The minimum Gasteiger partial charge on any atom is -0.458 e. The molecule has 0 aliphatic heterocycles. The number of esters is 1. The van der Waals surface area contributed by atoms with Crippen molar-refractivity contribution in [1.29, 1.82) is 0 Å². The molecule has 1 aromatic carbocycles. The predicted octanol–water partition coefficient (Wildman–Crippen LogP) is 3.65. The second kappa shape index (κ2) is 8.04. The fraction of sp³-hybridized carbons (Fsp3) is 0.167. The monoisotopic (exact) mass is 372 g/mol. The van der Waals surface area contributed by atoms with Gasteiger partial charge in [0.05, 0.1) is 10.6 Å². The topological polar surface area (TPSA) is 68.3 Å². The number of carbonyl (C=O) groups is 2. The first-order valence-corrected chi connectivity index (χ1v) is 9.36. The van der Waals surface area contributed by atoms with Crippen molar-refractivity contribution in [2.75, 3.05) is 6.54 Å². The van der Waals surface area contributed by atoms with Crippen molar-refractivity contribution < 1.29 is 14.3 Å². The summed E-state index contributed by atoms with van der Waals surface area (Å²) >= 11 is 2.83. The molecule has 0 radical (unpaired) electrons. The Morgan fingerprint density at radius 3 is 2.68 bits per heavy atom. The van der Waals surface area contributed by atoms with Crippen LogP contribution in [0.15, 0.2) is 47.2 Å². The number of rotatable bonds is 6. The first-order valence-electron chi connectivity index (χ1n) is 7.60. The number of hydrogen-bond acceptors (Lipinski definition) is 6. The molecule has 0 aliphatic rings. The van der Waals surface area contributed by atoms with E-state index >= 15 is 0 Å². The van der Waals surface area contributed by atoms with E-state index in [4.69, 9.17) is 4.74 Å². The maximum atomic E-state index is 11.7. The number of thiophene rings is 1. The molecular weight excluding hydrogens is 356 g/mol. The van der Waals surface area contributed by atoms with E-state index in [2.05, 4.69) is 10.3 Å². The molecule has 3 aromatic rings. The Kier molecular flexibility index (Phi) is 5.57. The minimum atomic E-state index is -0.491. The average molecular weight is 372 g/mol. The van der Waals surface area contributed by atoms with E-state index in [1.54, 1.807) is 17.5 Å². The Balaban J connectivity index is 1.48. The van der Waals surface area contributed by atoms with E-state index in [9.17, 15) is 9.59 Å². The predicted molar refractivity (Wildman–Crippen MR) is 98.7 cm³/mol. The molecule has 0 atom stereocenters. The Hall–Kier alpha value is -2.51. The molecule has 2 aromatic heterocycles. The fourth-order valence-electron chi connectivity index (χ4n) is 2.05. The third-order valence-electron chi connectivity index (χ3n) is 3.37. The summed E-state index contributed by atoms with van der Waals surface area (Å²) in [6.45, 7) is 1.97. The normalized spacial score (nSPS) is 10.4. The van der Waals surface area contributed by atoms with Gasteiger partial charge in [0.25, 0.3) is 5.91 Å². The molecular formula is C18H16N2O3S2. The third-order valence-corrected chi connectivity index (χ3v) is 5.18. The zero-order chi connectivity index (χ0) is 17.6. The summed E-state index contributed by atoms with van der Waals surface area (Å²) in [6, 6.07) is 11.6. The van der Waals surface area contributed by atoms with Gasteiger partial charge in [-0.3, -0.25) is 9.59 Å². The van der Waals surface area contributed by atoms with Gasteiger partial charge in [0.1, 0.15) is 18.2 Å². The van der Waals surface area contributed by atoms with Crippen LogP contribution >= 0.6 is 22.7 Å². The van der Waals surface area contributed by atoms with E-state index in [1.807, 2.05) is 36.6 Å². The van der Waals surface area contributed by atoms with Gasteiger partial charge in [-0.1, -0.05) is 35.9 Å². The van der Waals surface area contributed by atoms with Crippen molar-refractivity contribution in [3.8, 4) is 10.6 Å². The van der Waals surface area contributed by atoms with E-state index in [-0.39, 0.29) is 19.1 Å². The lowest BCUT2D eigenvalue weighted by molar-refractivity contribution is -0.143. The third kappa shape index (κ3) is 4.74. The van der Waals surface area contributed by atoms with Crippen molar-refractivity contribution in [3.05, 3.63) is 63.3 Å². The zero-order valence-electron chi connectivity index (χ0n) is 13.5. The lowest BCUT2D eigenvalue weighted by Gasteiger charge is -2.04. The van der Waals surface area contributed by atoms with Crippen LogP contribution in [0.4, 0.5) is 0 Å². The Bertz CT molecular complexity index is 855. The van der Waals surface area contributed by atoms with Crippen molar-refractivity contribution in [3.63, 3.8) is 0 Å². The van der Waals surface area contributed by atoms with Crippen LogP contribution in [0.1, 0.15) is 20.9 Å². The highest BCUT2D eigenvalue weighted by atomic mass is 32.1. The maximum Gasteiger partial charge on any atom is 0.325 e. The van der Waals surface area contributed by atoms with E-state index in [0.29, 0.717) is 10.6 Å². The highest BCUT2D eigenvalue weighted by molar-refractivity contribution is 7.13. The molecule has 0 bridgehead atoms. The van der Waals surface area contributed by atoms with Crippen molar-refractivity contribution in [2.24, 2.45) is 0 Å². The van der Waals surface area contributed by atoms with Gasteiger partial charge in [0, 0.05) is 10.9 Å². The molecule has 0 saturated carbocycles. The van der Waals surface area contributed by atoms with Gasteiger partial charge >= 0.3 is 5.97 Å². The van der Waals surface area contributed by atoms with Crippen LogP contribution in [0.25, 0.3) is 10.6 Å². The van der Waals surface area contributed by atoms with Crippen LogP contribution in [-0.2, 0) is 16.1 Å². The summed E-state index contributed by atoms with van der Waals surface area (Å²) in [7, 11) is 0. The average Bonchev–Trinajstić information content (AvgIpc) is 3.30. The van der Waals surface area contributed by atoms with Crippen LogP contribution in [0.2, 0.25) is 0 Å². The number of carbonyl (C=O) groups excluding carboxylic acids is 2. The number of ether oxygens (including phenoxy) is 1. The number of aromatic nitrogens is 1. The Morgan fingerprint density at radius 2 is 1.96 bits per heavy atom. The first-order chi connectivity index (χ1) is 12.1. The molecule has 1 amide bonds. The number of hydrogen-bond donors (Lipinski definition) is 1. The molecule has 7 heteroatoms. The van der Waals surface area contributed by atoms with E-state index in [0.717, 1.165) is 10.6 Å². The van der Waals surface area contributed by atoms with Crippen molar-refractivity contribution in [2.45, 2.75) is 13.5 Å². The standard InChI is InChI=1S/C18H16N2O3S2/c1-12-4-6-13(7-5-12)18-20-14(11-25-18)10-23-16(21)9-19-17(22)15-3-2-8-24-15/h2-8,11H,9-10H2,1H3,(H,19,22). The van der Waals surface area contributed by atoms with Crippen molar-refractivity contribution in [1.82, 2.24) is 10.3 Å². The second-order valence-electron chi connectivity index (χ2n) is 5.33. The highest BCUT2D eigenvalue weighted by Gasteiger charge is 2.11. The SMILES string of the molecule is Cc1ccc(-c2nc(COC(=O)CNC(=O)c3cccs3)cs2)cc1. The quantitative estimate of drug-likeness (QED) is 0.671. The largest absolute Gasteiger partial charge is 0.458 e. The molecule has 5 nitrogen and oxygen atoms in total. The summed E-state index contributed by atoms with van der Waals surface area (Å²) < 4.78 is 5.16. The minimum absolute atomic E-state index is 0.0933. The molecule has 128 valence electrons. The Labute approximate surface area is 153 Å². The molecule has 0 saturated heterocycles. The first kappa shape index (κ1) is 17.3. The summed E-state index contributed by atoms with van der Waals surface area (Å²) in [5.74, 6) is -0.767. The molecule has 1 N–H and O–H groups in total. The molecule has 2 heterocycles. The number of nitrogens with one attached hydrogen (secondary N) is 1. The highest BCUT2D eigenvalue weighted by Crippen LogP contribution is 2.24. The summed E-state index contributed by atoms with van der Waals surface area (Å²) in [5.41, 5.74) is 2.92. The summed E-state index contributed by atoms with van der Waals surface area (Å²) in [5, 5.41) is 7.10. The number of amides is 1. The lowest BCUT2D eigenvalue weighted by Crippen LogP contribution is -2.30. The van der Waals surface area contributed by atoms with Crippen LogP contribution in [0, 0.1) is 6.92 Å². The molecule has 0 spiro atoms. The fourth-order valence-corrected chi connectivity index (χ4v) is 3.51. The van der Waals surface area contributed by atoms with Gasteiger partial charge in [-0.15, -0.1) is 22.7 Å². The number of thiazole rings is 1. The van der Waals surface area contributed by atoms with Crippen LogP contribution in [-0.4, -0.2) is 23.4 Å². The molecule has 0 aliphatic carbocycles. The van der Waals surface area contributed by atoms with Gasteiger partial charge in [0.2, 0.25) is 0 Å². The second-order valence-corrected chi connectivity index (χ2v) is 7.14. The van der Waals surface area contributed by atoms with Crippen molar-refractivity contribution >= 4 is 34.6 Å². The summed E-state index contributed by atoms with van der Waals surface area (Å²) in [6.07, 6.45) is 0. The van der Waals surface area contributed by atoms with Gasteiger partial charge in [-0.05, 0) is 18.4 Å². The van der Waals surface area contributed by atoms with Gasteiger partial charge in [0.15, 0.2) is 0 Å². The Morgan fingerprint density at radius 1 is 1.16 bits per heavy atom.